The van der Waals surface area contributed by atoms with Crippen LogP contribution in [0.25, 0.3) is 22.3 Å². The average Bonchev–Trinajstić information content (AvgIpc) is 3.86. The molecule has 0 saturated heterocycles. The van der Waals surface area contributed by atoms with Crippen LogP contribution in [0.2, 0.25) is 0 Å². The highest BCUT2D eigenvalue weighted by Gasteiger charge is 2.51. The van der Waals surface area contributed by atoms with Crippen LogP contribution in [0.15, 0.2) is 134 Å². The summed E-state index contributed by atoms with van der Waals surface area (Å²) >= 11 is 0. The van der Waals surface area contributed by atoms with Crippen molar-refractivity contribution in [2.45, 2.75) is 11.0 Å². The Bertz CT molecular complexity index is 1950. The van der Waals surface area contributed by atoms with E-state index >= 15 is 0 Å². The molecule has 0 radical (unpaired) electrons. The van der Waals surface area contributed by atoms with Gasteiger partial charge in [-0.05, 0) is 68.3 Å². The maximum atomic E-state index is 4.64. The Morgan fingerprint density at radius 2 is 1.23 bits per heavy atom. The van der Waals surface area contributed by atoms with Crippen molar-refractivity contribution in [2.75, 3.05) is 13.7 Å². The van der Waals surface area contributed by atoms with Gasteiger partial charge in [-0.1, -0.05) is 72.8 Å². The number of aromatic nitrogens is 4. The van der Waals surface area contributed by atoms with Crippen LogP contribution in [0.4, 0.5) is 0 Å². The second-order valence-electron chi connectivity index (χ2n) is 11.6. The van der Waals surface area contributed by atoms with Crippen LogP contribution in [-0.2, 0) is 11.0 Å². The molecule has 0 amide bonds. The number of rotatable bonds is 4. The molecule has 1 N–H and O–H groups in total. The molecular formula is C37H28N6. The Hall–Kier alpha value is -5.49. The molecule has 6 nitrogen and oxygen atoms in total. The Balaban J connectivity index is 1.31. The molecule has 2 unspecified atom stereocenters. The van der Waals surface area contributed by atoms with E-state index in [2.05, 4.69) is 147 Å². The predicted octanol–water partition coefficient (Wildman–Crippen LogP) is 6.51. The molecule has 6 heteroatoms. The van der Waals surface area contributed by atoms with E-state index in [1.165, 1.54) is 50.1 Å². The lowest BCUT2D eigenvalue weighted by molar-refractivity contribution is 0.198. The molecular weight excluding hydrogens is 528 g/mol. The van der Waals surface area contributed by atoms with E-state index in [4.69, 9.17) is 0 Å². The molecule has 3 aliphatic rings. The summed E-state index contributed by atoms with van der Waals surface area (Å²) in [6.45, 7) is 0.773. The minimum atomic E-state index is -0.566. The minimum absolute atomic E-state index is 0.520. The third-order valence-corrected chi connectivity index (χ3v) is 9.61. The molecule has 0 spiro atoms. The van der Waals surface area contributed by atoms with Crippen LogP contribution in [0.5, 0.6) is 0 Å². The fourth-order valence-corrected chi connectivity index (χ4v) is 7.93. The SMILES string of the molecule is CN1C=CN(C2(c3ccc(C4(c5ccn[nH]5)c5ccccc5-c5ccncc54)cc3)c3ccccc3-c3ccncc32)C1. The van der Waals surface area contributed by atoms with Gasteiger partial charge in [0.25, 0.3) is 0 Å². The van der Waals surface area contributed by atoms with Gasteiger partial charge in [-0.2, -0.15) is 5.10 Å². The first-order valence-corrected chi connectivity index (χ1v) is 14.6. The van der Waals surface area contributed by atoms with Gasteiger partial charge in [-0.15, -0.1) is 0 Å². The molecule has 9 rings (SSSR count). The molecule has 4 heterocycles. The Kier molecular flexibility index (Phi) is 4.92. The summed E-state index contributed by atoms with van der Waals surface area (Å²) in [4.78, 5) is 13.9. The van der Waals surface area contributed by atoms with Gasteiger partial charge in [0.1, 0.15) is 5.54 Å². The zero-order valence-electron chi connectivity index (χ0n) is 23.6. The lowest BCUT2D eigenvalue weighted by Gasteiger charge is -2.42. The Morgan fingerprint density at radius 1 is 0.605 bits per heavy atom. The quantitative estimate of drug-likeness (QED) is 0.268. The highest BCUT2D eigenvalue weighted by atomic mass is 15.4. The van der Waals surface area contributed by atoms with Crippen LogP contribution in [-0.4, -0.2) is 43.7 Å². The number of benzene rings is 3. The maximum absolute atomic E-state index is 4.64. The number of H-pyrrole nitrogens is 1. The number of nitrogens with one attached hydrogen (secondary N) is 1. The van der Waals surface area contributed by atoms with Gasteiger partial charge in [-0.25, -0.2) is 0 Å². The van der Waals surface area contributed by atoms with E-state index in [1.54, 1.807) is 0 Å². The van der Waals surface area contributed by atoms with Gasteiger partial charge in [0.15, 0.2) is 0 Å². The van der Waals surface area contributed by atoms with Crippen molar-refractivity contribution in [3.8, 4) is 22.3 Å². The number of fused-ring (bicyclic) bond motifs is 6. The van der Waals surface area contributed by atoms with Gasteiger partial charge in [0, 0.05) is 56.0 Å². The lowest BCUT2D eigenvalue weighted by atomic mass is 9.69. The van der Waals surface area contributed by atoms with Gasteiger partial charge in [0.05, 0.1) is 17.8 Å². The zero-order valence-corrected chi connectivity index (χ0v) is 23.6. The molecule has 0 saturated carbocycles. The highest BCUT2D eigenvalue weighted by Crippen LogP contribution is 2.57. The van der Waals surface area contributed by atoms with Crippen LogP contribution >= 0.6 is 0 Å². The molecule has 0 bridgehead atoms. The standard InChI is InChI=1S/C37H28N6/c1-42-20-21-43(24-42)37(32-9-5-3-7-28(32)30-15-18-39-23-34(30)37)26-12-10-25(11-13-26)36(35-16-19-40-41-35)31-8-4-2-6-27(31)29-14-17-38-22-33(29)36/h2-23H,24H2,1H3,(H,40,41). The summed E-state index contributed by atoms with van der Waals surface area (Å²) in [5.41, 5.74) is 12.1. The molecule has 6 aromatic rings. The van der Waals surface area contributed by atoms with E-state index in [0.29, 0.717) is 0 Å². The highest BCUT2D eigenvalue weighted by molar-refractivity contribution is 5.86. The summed E-state index contributed by atoms with van der Waals surface area (Å²) in [7, 11) is 2.12. The molecule has 206 valence electrons. The second kappa shape index (κ2) is 8.76. The average molecular weight is 557 g/mol. The fourth-order valence-electron chi connectivity index (χ4n) is 7.93. The van der Waals surface area contributed by atoms with Crippen molar-refractivity contribution < 1.29 is 0 Å². The topological polar surface area (TPSA) is 60.9 Å². The van der Waals surface area contributed by atoms with E-state index in [-0.39, 0.29) is 0 Å². The summed E-state index contributed by atoms with van der Waals surface area (Å²) in [5.74, 6) is 0. The molecule has 2 atom stereocenters. The number of aromatic amines is 1. The number of hydrogen-bond acceptors (Lipinski definition) is 5. The number of pyridine rings is 2. The molecule has 1 aliphatic heterocycles. The van der Waals surface area contributed by atoms with Gasteiger partial charge in [0.2, 0.25) is 0 Å². The third-order valence-electron chi connectivity index (χ3n) is 9.61. The van der Waals surface area contributed by atoms with Gasteiger partial charge < -0.3 is 9.80 Å². The van der Waals surface area contributed by atoms with Gasteiger partial charge >= 0.3 is 0 Å². The smallest absolute Gasteiger partial charge is 0.120 e. The number of nitrogens with zero attached hydrogens (tertiary/aromatic N) is 5. The van der Waals surface area contributed by atoms with Crippen LogP contribution in [0.1, 0.15) is 39.1 Å². The molecule has 0 fully saturated rings. The first-order valence-electron chi connectivity index (χ1n) is 14.6. The first kappa shape index (κ1) is 24.1. The van der Waals surface area contributed by atoms with Crippen LogP contribution in [0, 0.1) is 0 Å². The van der Waals surface area contributed by atoms with E-state index in [0.717, 1.165) is 17.9 Å². The summed E-state index contributed by atoms with van der Waals surface area (Å²) in [6, 6.07) is 33.1. The Morgan fingerprint density at radius 3 is 1.93 bits per heavy atom. The molecule has 2 aliphatic carbocycles. The second-order valence-corrected chi connectivity index (χ2v) is 11.6. The van der Waals surface area contributed by atoms with Crippen molar-refractivity contribution in [2.24, 2.45) is 0 Å². The Labute approximate surface area is 250 Å². The van der Waals surface area contributed by atoms with Crippen molar-refractivity contribution in [3.05, 3.63) is 173 Å². The van der Waals surface area contributed by atoms with Crippen LogP contribution in [0.3, 0.4) is 0 Å². The third kappa shape index (κ3) is 2.99. The molecule has 43 heavy (non-hydrogen) atoms. The van der Waals surface area contributed by atoms with Crippen LogP contribution < -0.4 is 0 Å². The normalized spacial score (nSPS) is 21.0. The minimum Gasteiger partial charge on any atom is -0.362 e. The summed E-state index contributed by atoms with van der Waals surface area (Å²) in [5, 5.41) is 7.76. The predicted molar refractivity (Wildman–Crippen MR) is 167 cm³/mol. The van der Waals surface area contributed by atoms with Crippen molar-refractivity contribution in [1.82, 2.24) is 30.0 Å². The fraction of sp³-hybridized carbons (Fsp3) is 0.108. The maximum Gasteiger partial charge on any atom is 0.120 e. The number of hydrogen-bond donors (Lipinski definition) is 1. The van der Waals surface area contributed by atoms with Crippen molar-refractivity contribution in [3.63, 3.8) is 0 Å². The summed E-state index contributed by atoms with van der Waals surface area (Å²) in [6.07, 6.45) is 14.1. The van der Waals surface area contributed by atoms with Crippen molar-refractivity contribution >= 4 is 0 Å². The van der Waals surface area contributed by atoms with E-state index < -0.39 is 11.0 Å². The van der Waals surface area contributed by atoms with E-state index in [9.17, 15) is 0 Å². The van der Waals surface area contributed by atoms with E-state index in [1.807, 2.05) is 24.8 Å². The molecule has 3 aromatic heterocycles. The first-order chi connectivity index (χ1) is 21.2. The monoisotopic (exact) mass is 556 g/mol. The van der Waals surface area contributed by atoms with Crippen molar-refractivity contribution in [1.29, 1.82) is 0 Å². The summed E-state index contributed by atoms with van der Waals surface area (Å²) < 4.78 is 0. The largest absolute Gasteiger partial charge is 0.362 e. The molecule has 3 aromatic carbocycles. The zero-order chi connectivity index (χ0) is 28.6. The van der Waals surface area contributed by atoms with Gasteiger partial charge in [-0.3, -0.25) is 15.1 Å². The lowest BCUT2D eigenvalue weighted by Crippen LogP contribution is -2.44.